The Hall–Kier alpha value is -4.45. The summed E-state index contributed by atoms with van der Waals surface area (Å²) in [7, 11) is 0. The molecule has 0 atom stereocenters. The SMILES string of the molecule is O=C(NCc1ccn(-c2ccccc2)n1)c1cc(-c2cccc(O)c2)nc2ccccc12. The van der Waals surface area contributed by atoms with Crippen molar-refractivity contribution in [1.82, 2.24) is 20.1 Å². The minimum absolute atomic E-state index is 0.150. The topological polar surface area (TPSA) is 80.0 Å². The number of phenols is 1. The third-order valence-electron chi connectivity index (χ3n) is 5.20. The predicted octanol–water partition coefficient (Wildman–Crippen LogP) is 4.72. The van der Waals surface area contributed by atoms with Gasteiger partial charge in [-0.25, -0.2) is 9.67 Å². The van der Waals surface area contributed by atoms with Crippen molar-refractivity contribution in [2.24, 2.45) is 0 Å². The van der Waals surface area contributed by atoms with Crippen molar-refractivity contribution < 1.29 is 9.90 Å². The smallest absolute Gasteiger partial charge is 0.252 e. The Bertz CT molecular complexity index is 1410. The number of phenolic OH excluding ortho intramolecular Hbond substituents is 1. The fourth-order valence-corrected chi connectivity index (χ4v) is 3.62. The van der Waals surface area contributed by atoms with Gasteiger partial charge in [-0.05, 0) is 42.5 Å². The fourth-order valence-electron chi connectivity index (χ4n) is 3.62. The number of amides is 1. The number of fused-ring (bicyclic) bond motifs is 1. The van der Waals surface area contributed by atoms with E-state index >= 15 is 0 Å². The first-order valence-electron chi connectivity index (χ1n) is 10.2. The molecule has 2 N–H and O–H groups in total. The molecule has 2 aromatic heterocycles. The number of hydrogen-bond donors (Lipinski definition) is 2. The molecule has 3 aromatic carbocycles. The molecule has 0 bridgehead atoms. The molecule has 0 saturated heterocycles. The first kappa shape index (κ1) is 19.5. The van der Waals surface area contributed by atoms with Gasteiger partial charge in [0.2, 0.25) is 0 Å². The summed E-state index contributed by atoms with van der Waals surface area (Å²) in [5.41, 5.74) is 4.32. The standard InChI is InChI=1S/C26H20N4O2/c31-21-10-6-7-18(15-21)25-16-23(22-11-4-5-12-24(22)28-25)26(32)27-17-19-13-14-30(29-19)20-8-2-1-3-9-20/h1-16,31H,17H2,(H,27,32). The van der Waals surface area contributed by atoms with E-state index in [0.717, 1.165) is 22.3 Å². The van der Waals surface area contributed by atoms with E-state index in [9.17, 15) is 9.90 Å². The van der Waals surface area contributed by atoms with Gasteiger partial charge in [-0.15, -0.1) is 0 Å². The van der Waals surface area contributed by atoms with E-state index in [-0.39, 0.29) is 11.7 Å². The minimum Gasteiger partial charge on any atom is -0.508 e. The largest absolute Gasteiger partial charge is 0.508 e. The Morgan fingerprint density at radius 1 is 0.906 bits per heavy atom. The molecule has 5 aromatic rings. The highest BCUT2D eigenvalue weighted by Gasteiger charge is 2.14. The first-order chi connectivity index (χ1) is 15.7. The van der Waals surface area contributed by atoms with Crippen molar-refractivity contribution in [3.05, 3.63) is 108 Å². The van der Waals surface area contributed by atoms with Crippen LogP contribution in [-0.4, -0.2) is 25.8 Å². The highest BCUT2D eigenvalue weighted by Crippen LogP contribution is 2.27. The number of aromatic hydroxyl groups is 1. The van der Waals surface area contributed by atoms with Crippen LogP contribution in [0, 0.1) is 0 Å². The number of hydrogen-bond acceptors (Lipinski definition) is 4. The van der Waals surface area contributed by atoms with E-state index in [2.05, 4.69) is 15.4 Å². The van der Waals surface area contributed by atoms with Crippen LogP contribution < -0.4 is 5.32 Å². The fraction of sp³-hybridized carbons (Fsp3) is 0.0385. The molecule has 0 spiro atoms. The van der Waals surface area contributed by atoms with Crippen LogP contribution in [0.3, 0.4) is 0 Å². The molecule has 5 rings (SSSR count). The molecule has 156 valence electrons. The Morgan fingerprint density at radius 2 is 1.72 bits per heavy atom. The molecular formula is C26H20N4O2. The van der Waals surface area contributed by atoms with E-state index < -0.39 is 0 Å². The van der Waals surface area contributed by atoms with E-state index in [1.165, 1.54) is 0 Å². The van der Waals surface area contributed by atoms with E-state index in [1.54, 1.807) is 28.9 Å². The van der Waals surface area contributed by atoms with Gasteiger partial charge in [-0.1, -0.05) is 48.5 Å². The summed E-state index contributed by atoms with van der Waals surface area (Å²) < 4.78 is 1.78. The lowest BCUT2D eigenvalue weighted by Gasteiger charge is -2.10. The molecule has 6 nitrogen and oxygen atoms in total. The number of pyridine rings is 1. The predicted molar refractivity (Wildman–Crippen MR) is 124 cm³/mol. The zero-order chi connectivity index (χ0) is 21.9. The van der Waals surface area contributed by atoms with Crippen molar-refractivity contribution in [3.63, 3.8) is 0 Å². The Balaban J connectivity index is 1.42. The molecule has 0 aliphatic carbocycles. The number of nitrogens with one attached hydrogen (secondary N) is 1. The van der Waals surface area contributed by atoms with Gasteiger partial charge in [-0.3, -0.25) is 4.79 Å². The van der Waals surface area contributed by atoms with Crippen LogP contribution in [0.4, 0.5) is 0 Å². The van der Waals surface area contributed by atoms with Crippen LogP contribution >= 0.6 is 0 Å². The second-order valence-corrected chi connectivity index (χ2v) is 7.39. The zero-order valence-electron chi connectivity index (χ0n) is 17.1. The van der Waals surface area contributed by atoms with E-state index in [0.29, 0.717) is 23.3 Å². The van der Waals surface area contributed by atoms with Gasteiger partial charge < -0.3 is 10.4 Å². The normalized spacial score (nSPS) is 10.9. The van der Waals surface area contributed by atoms with Crippen LogP contribution in [0.1, 0.15) is 16.1 Å². The van der Waals surface area contributed by atoms with Gasteiger partial charge >= 0.3 is 0 Å². The molecule has 0 radical (unpaired) electrons. The maximum Gasteiger partial charge on any atom is 0.252 e. The molecule has 0 fully saturated rings. The lowest BCUT2D eigenvalue weighted by molar-refractivity contribution is 0.0952. The molecule has 0 aliphatic rings. The summed E-state index contributed by atoms with van der Waals surface area (Å²) in [6.07, 6.45) is 1.87. The molecule has 0 saturated carbocycles. The highest BCUT2D eigenvalue weighted by molar-refractivity contribution is 6.07. The zero-order valence-corrected chi connectivity index (χ0v) is 17.1. The average Bonchev–Trinajstić information content (AvgIpc) is 3.31. The molecule has 32 heavy (non-hydrogen) atoms. The monoisotopic (exact) mass is 420 g/mol. The van der Waals surface area contributed by atoms with E-state index in [1.807, 2.05) is 72.9 Å². The molecule has 1 amide bonds. The summed E-state index contributed by atoms with van der Waals surface area (Å²) in [6, 6.07) is 27.8. The third kappa shape index (κ3) is 3.94. The van der Waals surface area contributed by atoms with Gasteiger partial charge in [0.05, 0.1) is 34.7 Å². The number of rotatable bonds is 5. The van der Waals surface area contributed by atoms with Crippen LogP contribution in [0.25, 0.3) is 27.8 Å². The molecule has 2 heterocycles. The third-order valence-corrected chi connectivity index (χ3v) is 5.20. The summed E-state index contributed by atoms with van der Waals surface area (Å²) in [5.74, 6) is -0.0586. The summed E-state index contributed by atoms with van der Waals surface area (Å²) in [5, 5.41) is 18.1. The first-order valence-corrected chi connectivity index (χ1v) is 10.2. The van der Waals surface area contributed by atoms with Gasteiger partial charge in [0.25, 0.3) is 5.91 Å². The van der Waals surface area contributed by atoms with Crippen LogP contribution in [0.2, 0.25) is 0 Å². The Labute approximate surface area is 184 Å². The Kier molecular flexibility index (Phi) is 5.09. The maximum atomic E-state index is 13.1. The van der Waals surface area contributed by atoms with E-state index in [4.69, 9.17) is 0 Å². The number of carbonyl (C=O) groups excluding carboxylic acids is 1. The van der Waals surface area contributed by atoms with Crippen molar-refractivity contribution >= 4 is 16.8 Å². The molecular weight excluding hydrogens is 400 g/mol. The highest BCUT2D eigenvalue weighted by atomic mass is 16.3. The lowest BCUT2D eigenvalue weighted by atomic mass is 10.0. The second kappa shape index (κ2) is 8.35. The lowest BCUT2D eigenvalue weighted by Crippen LogP contribution is -2.23. The molecule has 0 aliphatic heterocycles. The van der Waals surface area contributed by atoms with Crippen LogP contribution in [0.15, 0.2) is 97.2 Å². The average molecular weight is 420 g/mol. The van der Waals surface area contributed by atoms with Crippen molar-refractivity contribution in [1.29, 1.82) is 0 Å². The van der Waals surface area contributed by atoms with Crippen molar-refractivity contribution in [2.45, 2.75) is 6.54 Å². The van der Waals surface area contributed by atoms with Gasteiger partial charge in [0, 0.05) is 17.1 Å². The number of benzene rings is 3. The summed E-state index contributed by atoms with van der Waals surface area (Å²) in [4.78, 5) is 17.8. The van der Waals surface area contributed by atoms with Crippen molar-refractivity contribution in [2.75, 3.05) is 0 Å². The van der Waals surface area contributed by atoms with Gasteiger partial charge in [0.15, 0.2) is 0 Å². The van der Waals surface area contributed by atoms with Gasteiger partial charge in [0.1, 0.15) is 5.75 Å². The van der Waals surface area contributed by atoms with Crippen LogP contribution in [0.5, 0.6) is 5.75 Å². The summed E-state index contributed by atoms with van der Waals surface area (Å²) in [6.45, 7) is 0.302. The number of nitrogens with zero attached hydrogens (tertiary/aromatic N) is 3. The molecule has 0 unspecified atom stereocenters. The number of carbonyl (C=O) groups is 1. The van der Waals surface area contributed by atoms with Crippen LogP contribution in [-0.2, 0) is 6.54 Å². The molecule has 6 heteroatoms. The van der Waals surface area contributed by atoms with Gasteiger partial charge in [-0.2, -0.15) is 5.10 Å². The minimum atomic E-state index is -0.209. The number of para-hydroxylation sites is 2. The second-order valence-electron chi connectivity index (χ2n) is 7.39. The summed E-state index contributed by atoms with van der Waals surface area (Å²) >= 11 is 0. The maximum absolute atomic E-state index is 13.1. The quantitative estimate of drug-likeness (QED) is 0.431. The van der Waals surface area contributed by atoms with Crippen molar-refractivity contribution in [3.8, 4) is 22.7 Å². The Morgan fingerprint density at radius 3 is 2.56 bits per heavy atom. The number of aromatic nitrogens is 3.